The van der Waals surface area contributed by atoms with Crippen LogP contribution in [0.5, 0.6) is 0 Å². The summed E-state index contributed by atoms with van der Waals surface area (Å²) in [5.74, 6) is 0.403. The summed E-state index contributed by atoms with van der Waals surface area (Å²) < 4.78 is 5.16. The highest BCUT2D eigenvalue weighted by atomic mass is 16.6. The maximum Gasteiger partial charge on any atom is 0.292 e. The molecule has 0 aliphatic carbocycles. The van der Waals surface area contributed by atoms with Gasteiger partial charge in [0.25, 0.3) is 5.69 Å². The number of hydrogen-bond donors (Lipinski definition) is 2. The minimum atomic E-state index is -1.25. The molecule has 0 radical (unpaired) electrons. The van der Waals surface area contributed by atoms with Gasteiger partial charge in [-0.3, -0.25) is 10.1 Å². The van der Waals surface area contributed by atoms with Crippen LogP contribution in [0.1, 0.15) is 18.2 Å². The summed E-state index contributed by atoms with van der Waals surface area (Å²) in [7, 11) is 0. The van der Waals surface area contributed by atoms with Gasteiger partial charge in [0.2, 0.25) is 0 Å². The molecule has 0 saturated heterocycles. The molecule has 0 aliphatic rings. The number of aliphatic hydroxyl groups is 1. The zero-order valence-electron chi connectivity index (χ0n) is 11.3. The van der Waals surface area contributed by atoms with E-state index in [1.54, 1.807) is 38.1 Å². The van der Waals surface area contributed by atoms with Crippen LogP contribution in [0.3, 0.4) is 0 Å². The quantitative estimate of drug-likeness (QED) is 0.647. The highest BCUT2D eigenvalue weighted by Crippen LogP contribution is 2.27. The number of aryl methyl sites for hydroxylation is 1. The third kappa shape index (κ3) is 2.97. The van der Waals surface area contributed by atoms with Crippen molar-refractivity contribution >= 4 is 11.4 Å². The van der Waals surface area contributed by atoms with Gasteiger partial charge in [-0.15, -0.1) is 0 Å². The summed E-state index contributed by atoms with van der Waals surface area (Å²) in [4.78, 5) is 10.6. The van der Waals surface area contributed by atoms with Crippen molar-refractivity contribution in [2.45, 2.75) is 19.4 Å². The molecule has 106 valence electrons. The topological polar surface area (TPSA) is 88.5 Å². The second-order valence-electron chi connectivity index (χ2n) is 4.88. The first-order chi connectivity index (χ1) is 9.40. The number of furan rings is 1. The molecule has 20 heavy (non-hydrogen) atoms. The summed E-state index contributed by atoms with van der Waals surface area (Å²) in [6, 6.07) is 8.23. The highest BCUT2D eigenvalue weighted by Gasteiger charge is 2.27. The van der Waals surface area contributed by atoms with E-state index >= 15 is 0 Å². The summed E-state index contributed by atoms with van der Waals surface area (Å²) >= 11 is 0. The smallest absolute Gasteiger partial charge is 0.292 e. The van der Waals surface area contributed by atoms with Crippen LogP contribution < -0.4 is 5.32 Å². The van der Waals surface area contributed by atoms with E-state index in [-0.39, 0.29) is 12.2 Å². The maximum absolute atomic E-state index is 11.0. The zero-order valence-corrected chi connectivity index (χ0v) is 11.3. The van der Waals surface area contributed by atoms with Gasteiger partial charge < -0.3 is 14.8 Å². The van der Waals surface area contributed by atoms with Crippen molar-refractivity contribution in [3.8, 4) is 0 Å². The summed E-state index contributed by atoms with van der Waals surface area (Å²) in [5, 5.41) is 24.2. The number of benzene rings is 1. The lowest BCUT2D eigenvalue weighted by Crippen LogP contribution is -2.30. The van der Waals surface area contributed by atoms with E-state index in [1.807, 2.05) is 0 Å². The monoisotopic (exact) mass is 276 g/mol. The molecule has 1 unspecified atom stereocenters. The van der Waals surface area contributed by atoms with Crippen molar-refractivity contribution in [3.05, 3.63) is 58.0 Å². The van der Waals surface area contributed by atoms with Crippen molar-refractivity contribution in [2.24, 2.45) is 0 Å². The fourth-order valence-corrected chi connectivity index (χ4v) is 1.88. The molecule has 0 spiro atoms. The Labute approximate surface area is 116 Å². The molecule has 1 aromatic carbocycles. The second-order valence-corrected chi connectivity index (χ2v) is 4.88. The van der Waals surface area contributed by atoms with E-state index in [0.717, 1.165) is 5.56 Å². The Morgan fingerprint density at radius 3 is 2.80 bits per heavy atom. The van der Waals surface area contributed by atoms with Gasteiger partial charge in [0, 0.05) is 6.07 Å². The van der Waals surface area contributed by atoms with Crippen LogP contribution in [0.2, 0.25) is 0 Å². The van der Waals surface area contributed by atoms with E-state index in [9.17, 15) is 15.2 Å². The number of rotatable bonds is 5. The number of anilines is 1. The van der Waals surface area contributed by atoms with Gasteiger partial charge in [-0.1, -0.05) is 6.07 Å². The number of nitrogens with zero attached hydrogens (tertiary/aromatic N) is 1. The summed E-state index contributed by atoms with van der Waals surface area (Å²) in [5.41, 5.74) is -0.0878. The second kappa shape index (κ2) is 5.34. The first-order valence-corrected chi connectivity index (χ1v) is 6.15. The molecule has 1 atom stereocenters. The van der Waals surface area contributed by atoms with Crippen molar-refractivity contribution in [3.63, 3.8) is 0 Å². The van der Waals surface area contributed by atoms with E-state index in [0.29, 0.717) is 11.4 Å². The Morgan fingerprint density at radius 1 is 1.45 bits per heavy atom. The van der Waals surface area contributed by atoms with Gasteiger partial charge in [0.15, 0.2) is 0 Å². The Morgan fingerprint density at radius 2 is 2.20 bits per heavy atom. The third-order valence-corrected chi connectivity index (χ3v) is 3.02. The van der Waals surface area contributed by atoms with Crippen LogP contribution in [0.15, 0.2) is 41.0 Å². The molecule has 0 fully saturated rings. The minimum absolute atomic E-state index is 0.0137. The van der Waals surface area contributed by atoms with Gasteiger partial charge in [-0.25, -0.2) is 0 Å². The lowest BCUT2D eigenvalue weighted by atomic mass is 10.0. The molecule has 1 aromatic heterocycles. The lowest BCUT2D eigenvalue weighted by molar-refractivity contribution is -0.384. The first-order valence-electron chi connectivity index (χ1n) is 6.15. The molecule has 6 heteroatoms. The molecule has 2 rings (SSSR count). The van der Waals surface area contributed by atoms with E-state index < -0.39 is 10.5 Å². The Kier molecular flexibility index (Phi) is 3.76. The Balaban J connectivity index is 2.17. The molecule has 0 saturated carbocycles. The molecule has 6 nitrogen and oxygen atoms in total. The average Bonchev–Trinajstić information content (AvgIpc) is 2.91. The Hall–Kier alpha value is -2.34. The van der Waals surface area contributed by atoms with Gasteiger partial charge in [-0.2, -0.15) is 0 Å². The number of nitro benzene ring substituents is 1. The van der Waals surface area contributed by atoms with E-state index in [4.69, 9.17) is 4.42 Å². The van der Waals surface area contributed by atoms with Crippen LogP contribution >= 0.6 is 0 Å². The average molecular weight is 276 g/mol. The van der Waals surface area contributed by atoms with Crippen LogP contribution in [0.4, 0.5) is 11.4 Å². The largest absolute Gasteiger partial charge is 0.466 e. The highest BCUT2D eigenvalue weighted by molar-refractivity contribution is 5.62. The number of hydrogen-bond acceptors (Lipinski definition) is 5. The molecule has 2 N–H and O–H groups in total. The van der Waals surface area contributed by atoms with Crippen LogP contribution in [-0.2, 0) is 5.60 Å². The van der Waals surface area contributed by atoms with Crippen molar-refractivity contribution < 1.29 is 14.4 Å². The molecular weight excluding hydrogens is 260 g/mol. The van der Waals surface area contributed by atoms with Crippen molar-refractivity contribution in [2.75, 3.05) is 11.9 Å². The third-order valence-electron chi connectivity index (χ3n) is 3.02. The van der Waals surface area contributed by atoms with Gasteiger partial charge in [-0.05, 0) is 37.6 Å². The SMILES string of the molecule is Cc1ccc(NCC(C)(O)c2ccco2)c([N+](=O)[O-])c1. The summed E-state index contributed by atoms with van der Waals surface area (Å²) in [6.45, 7) is 3.47. The molecule has 0 amide bonds. The molecule has 0 bridgehead atoms. The molecular formula is C14H16N2O4. The molecule has 1 heterocycles. The van der Waals surface area contributed by atoms with Gasteiger partial charge >= 0.3 is 0 Å². The van der Waals surface area contributed by atoms with Crippen molar-refractivity contribution in [1.82, 2.24) is 0 Å². The fourth-order valence-electron chi connectivity index (χ4n) is 1.88. The lowest BCUT2D eigenvalue weighted by Gasteiger charge is -2.21. The first kappa shape index (κ1) is 14.1. The fraction of sp³-hybridized carbons (Fsp3) is 0.286. The predicted molar refractivity (Wildman–Crippen MR) is 74.6 cm³/mol. The molecule has 0 aliphatic heterocycles. The van der Waals surface area contributed by atoms with Crippen LogP contribution in [0.25, 0.3) is 0 Å². The number of nitrogens with one attached hydrogen (secondary N) is 1. The van der Waals surface area contributed by atoms with Crippen LogP contribution in [0, 0.1) is 17.0 Å². The molecule has 2 aromatic rings. The number of nitro groups is 1. The van der Waals surface area contributed by atoms with Gasteiger partial charge in [0.05, 0.1) is 17.7 Å². The Bertz CT molecular complexity index is 606. The van der Waals surface area contributed by atoms with Gasteiger partial charge in [0.1, 0.15) is 17.0 Å². The maximum atomic E-state index is 11.0. The standard InChI is InChI=1S/C14H16N2O4/c1-10-5-6-11(12(8-10)16(18)19)15-9-14(2,17)13-4-3-7-20-13/h3-8,15,17H,9H2,1-2H3. The van der Waals surface area contributed by atoms with E-state index in [1.165, 1.54) is 12.3 Å². The zero-order chi connectivity index (χ0) is 14.8. The summed E-state index contributed by atoms with van der Waals surface area (Å²) in [6.07, 6.45) is 1.47. The van der Waals surface area contributed by atoms with Crippen LogP contribution in [-0.4, -0.2) is 16.6 Å². The normalized spacial score (nSPS) is 13.8. The predicted octanol–water partition coefficient (Wildman–Crippen LogP) is 2.82. The van der Waals surface area contributed by atoms with E-state index in [2.05, 4.69) is 5.32 Å². The van der Waals surface area contributed by atoms with Crippen molar-refractivity contribution in [1.29, 1.82) is 0 Å². The minimum Gasteiger partial charge on any atom is -0.466 e.